The van der Waals surface area contributed by atoms with Gasteiger partial charge >= 0.3 is 0 Å². The van der Waals surface area contributed by atoms with Crippen LogP contribution in [0, 0.1) is 27.7 Å². The molecular weight excluding hydrogens is 678 g/mol. The van der Waals surface area contributed by atoms with Gasteiger partial charge in [-0.2, -0.15) is 0 Å². The minimum absolute atomic E-state index is 0.522. The number of hydrogen-bond donors (Lipinski definition) is 0. The Balaban J connectivity index is 0.000000185. The van der Waals surface area contributed by atoms with E-state index < -0.39 is 0 Å². The van der Waals surface area contributed by atoms with Crippen LogP contribution in [-0.2, 0) is 0 Å². The van der Waals surface area contributed by atoms with Gasteiger partial charge in [-0.1, -0.05) is 46.4 Å². The molecule has 0 saturated carbocycles. The number of ether oxygens (including phenoxy) is 2. The van der Waals surface area contributed by atoms with Crippen molar-refractivity contribution in [1.82, 2.24) is 29.4 Å². The van der Waals surface area contributed by atoms with Gasteiger partial charge in [-0.25, -0.2) is 9.36 Å². The summed E-state index contributed by atoms with van der Waals surface area (Å²) in [6, 6.07) is 11.0. The molecule has 2 aromatic carbocycles. The van der Waals surface area contributed by atoms with E-state index in [2.05, 4.69) is 20.0 Å². The maximum absolute atomic E-state index is 6.12. The Morgan fingerprint density at radius 1 is 0.574 bits per heavy atom. The van der Waals surface area contributed by atoms with Gasteiger partial charge < -0.3 is 14.4 Å². The van der Waals surface area contributed by atoms with Crippen molar-refractivity contribution in [3.8, 4) is 23.1 Å². The van der Waals surface area contributed by atoms with E-state index in [1.54, 1.807) is 12.1 Å². The highest BCUT2D eigenvalue weighted by atomic mass is 35.5. The van der Waals surface area contributed by atoms with Gasteiger partial charge in [0.25, 0.3) is 0 Å². The van der Waals surface area contributed by atoms with Crippen molar-refractivity contribution in [3.05, 3.63) is 79.0 Å². The van der Waals surface area contributed by atoms with E-state index in [1.807, 2.05) is 61.3 Å². The van der Waals surface area contributed by atoms with Crippen LogP contribution in [-0.4, -0.2) is 81.8 Å². The molecule has 0 aliphatic carbocycles. The monoisotopic (exact) mass is 720 g/mol. The molecule has 0 atom stereocenters. The number of nitrogens with zero attached hydrogens (tertiary/aromatic N) is 6. The van der Waals surface area contributed by atoms with E-state index >= 15 is 0 Å². The average molecular weight is 723 g/mol. The number of likely N-dealkylation sites (tertiary alicyclic amines) is 2. The van der Waals surface area contributed by atoms with Crippen LogP contribution >= 0.6 is 46.4 Å². The quantitative estimate of drug-likeness (QED) is 0.144. The lowest BCUT2D eigenvalue weighted by Crippen LogP contribution is -2.25. The first-order chi connectivity index (χ1) is 22.6. The first kappa shape index (κ1) is 35.8. The van der Waals surface area contributed by atoms with Gasteiger partial charge in [-0.15, -0.1) is 10.2 Å². The Morgan fingerprint density at radius 3 is 1.45 bits per heavy atom. The molecule has 6 rings (SSSR count). The lowest BCUT2D eigenvalue weighted by Gasteiger charge is -2.14. The Hall–Kier alpha value is -2.46. The van der Waals surface area contributed by atoms with Crippen LogP contribution < -0.4 is 9.47 Å². The van der Waals surface area contributed by atoms with Crippen molar-refractivity contribution in [2.75, 3.05) is 52.5 Å². The van der Waals surface area contributed by atoms with Crippen molar-refractivity contribution >= 4 is 46.4 Å². The molecule has 254 valence electrons. The number of benzene rings is 2. The van der Waals surface area contributed by atoms with E-state index in [0.29, 0.717) is 45.1 Å². The number of halogens is 4. The van der Waals surface area contributed by atoms with Gasteiger partial charge in [-0.3, -0.25) is 4.90 Å². The van der Waals surface area contributed by atoms with Crippen molar-refractivity contribution in [2.24, 2.45) is 0 Å². The van der Waals surface area contributed by atoms with E-state index in [9.17, 15) is 0 Å². The predicted octanol–water partition coefficient (Wildman–Crippen LogP) is 8.93. The second-order valence-electron chi connectivity index (χ2n) is 12.2. The molecule has 2 aliphatic heterocycles. The fourth-order valence-corrected chi connectivity index (χ4v) is 6.44. The Kier molecular flexibility index (Phi) is 12.8. The topological polar surface area (TPSA) is 60.6 Å². The van der Waals surface area contributed by atoms with Gasteiger partial charge in [-0.05, 0) is 122 Å². The lowest BCUT2D eigenvalue weighted by atomic mass is 10.2. The Bertz CT molecular complexity index is 1640. The maximum atomic E-state index is 6.12. The summed E-state index contributed by atoms with van der Waals surface area (Å²) >= 11 is 24.2. The molecular formula is C35H44Cl4N6O2. The van der Waals surface area contributed by atoms with Gasteiger partial charge in [0.05, 0.1) is 38.1 Å². The normalized spacial score (nSPS) is 15.2. The Labute approximate surface area is 298 Å². The average Bonchev–Trinajstić information content (AvgIpc) is 3.87. The molecule has 0 radical (unpaired) electrons. The van der Waals surface area contributed by atoms with Gasteiger partial charge in [0.15, 0.2) is 0 Å². The molecule has 0 N–H and O–H groups in total. The first-order valence-corrected chi connectivity index (χ1v) is 17.9. The summed E-state index contributed by atoms with van der Waals surface area (Å²) in [5.74, 6) is 1.38. The second-order valence-corrected chi connectivity index (χ2v) is 13.8. The molecule has 0 bridgehead atoms. The molecule has 2 fully saturated rings. The summed E-state index contributed by atoms with van der Waals surface area (Å²) in [5, 5.41) is 11.3. The van der Waals surface area contributed by atoms with E-state index in [4.69, 9.17) is 55.9 Å². The van der Waals surface area contributed by atoms with Crippen molar-refractivity contribution in [1.29, 1.82) is 0 Å². The van der Waals surface area contributed by atoms with Crippen LogP contribution in [0.1, 0.15) is 54.6 Å². The lowest BCUT2D eigenvalue weighted by molar-refractivity contribution is 0.230. The van der Waals surface area contributed by atoms with E-state index in [-0.39, 0.29) is 0 Å². The molecule has 4 aromatic rings. The summed E-state index contributed by atoms with van der Waals surface area (Å²) < 4.78 is 15.5. The Morgan fingerprint density at radius 2 is 1.00 bits per heavy atom. The van der Waals surface area contributed by atoms with Crippen LogP contribution in [0.5, 0.6) is 11.8 Å². The number of rotatable bonds is 11. The van der Waals surface area contributed by atoms with Crippen LogP contribution in [0.25, 0.3) is 11.4 Å². The molecule has 4 heterocycles. The molecule has 2 aliphatic rings. The largest absolute Gasteiger partial charge is 0.476 e. The predicted molar refractivity (Wildman–Crippen MR) is 193 cm³/mol. The highest BCUT2D eigenvalue weighted by molar-refractivity contribution is 6.42. The molecule has 0 spiro atoms. The molecule has 2 aromatic heterocycles. The third kappa shape index (κ3) is 9.17. The smallest absolute Gasteiger partial charge is 0.236 e. The van der Waals surface area contributed by atoms with Crippen molar-refractivity contribution < 1.29 is 9.47 Å². The molecule has 8 nitrogen and oxygen atoms in total. The molecule has 0 unspecified atom stereocenters. The van der Waals surface area contributed by atoms with Crippen LogP contribution in [0.2, 0.25) is 20.1 Å². The highest BCUT2D eigenvalue weighted by Crippen LogP contribution is 2.29. The van der Waals surface area contributed by atoms with E-state index in [1.165, 1.54) is 51.9 Å². The van der Waals surface area contributed by atoms with Gasteiger partial charge in [0, 0.05) is 35.6 Å². The zero-order chi connectivity index (χ0) is 33.5. The van der Waals surface area contributed by atoms with Crippen LogP contribution in [0.4, 0.5) is 0 Å². The summed E-state index contributed by atoms with van der Waals surface area (Å²) in [4.78, 5) is 4.92. The minimum atomic E-state index is 0.522. The fourth-order valence-electron chi connectivity index (χ4n) is 5.86. The molecule has 47 heavy (non-hydrogen) atoms. The molecule has 0 amide bonds. The standard InChI is InChI=1S/C18H23Cl2N3O.C17H21Cl2N3O/c1-13-14(2)23(15-6-7-16(19)17(20)12-15)21-18(13)24-11-5-10-22-8-3-4-9-22;1-12-13(2)22(14-5-6-15(18)16(19)11-14)20-17(12)23-10-9-21-7-3-4-8-21/h6-7,12H,3-5,8-11H2,1-2H3;5-6,11H,3-4,7-10H2,1-2H3. The summed E-state index contributed by atoms with van der Waals surface area (Å²) in [7, 11) is 0. The van der Waals surface area contributed by atoms with Crippen molar-refractivity contribution in [3.63, 3.8) is 0 Å². The third-order valence-corrected chi connectivity index (χ3v) is 10.4. The number of aromatic nitrogens is 4. The zero-order valence-corrected chi connectivity index (χ0v) is 30.7. The molecule has 2 saturated heterocycles. The summed E-state index contributed by atoms with van der Waals surface area (Å²) in [6.45, 7) is 16.3. The summed E-state index contributed by atoms with van der Waals surface area (Å²) in [6.07, 6.45) is 6.27. The van der Waals surface area contributed by atoms with Crippen LogP contribution in [0.15, 0.2) is 36.4 Å². The van der Waals surface area contributed by atoms with Gasteiger partial charge in [0.1, 0.15) is 6.61 Å². The maximum Gasteiger partial charge on any atom is 0.236 e. The van der Waals surface area contributed by atoms with E-state index in [0.717, 1.165) is 53.4 Å². The van der Waals surface area contributed by atoms with Gasteiger partial charge in [0.2, 0.25) is 11.8 Å². The number of hydrogen-bond acceptors (Lipinski definition) is 6. The zero-order valence-electron chi connectivity index (χ0n) is 27.7. The summed E-state index contributed by atoms with van der Waals surface area (Å²) in [5.41, 5.74) is 5.97. The molecule has 12 heteroatoms. The minimum Gasteiger partial charge on any atom is -0.476 e. The first-order valence-electron chi connectivity index (χ1n) is 16.4. The second kappa shape index (κ2) is 16.8. The fraction of sp³-hybridized carbons (Fsp3) is 0.486. The van der Waals surface area contributed by atoms with Crippen LogP contribution in [0.3, 0.4) is 0 Å². The SMILES string of the molecule is Cc1c(OCCCN2CCCC2)nn(-c2ccc(Cl)c(Cl)c2)c1C.Cc1c(OCCN2CCCC2)nn(-c2ccc(Cl)c(Cl)c2)c1C. The third-order valence-electron chi connectivity index (χ3n) is 8.94. The highest BCUT2D eigenvalue weighted by Gasteiger charge is 2.17. The van der Waals surface area contributed by atoms with Crippen molar-refractivity contribution in [2.45, 2.75) is 59.8 Å².